The van der Waals surface area contributed by atoms with Crippen molar-refractivity contribution < 1.29 is 14.0 Å². The molecule has 1 N–H and O–H groups in total. The second-order valence-electron chi connectivity index (χ2n) is 10.9. The van der Waals surface area contributed by atoms with Gasteiger partial charge in [0.25, 0.3) is 0 Å². The molecular weight excluding hydrogens is 525 g/mol. The molecule has 0 saturated heterocycles. The van der Waals surface area contributed by atoms with Gasteiger partial charge in [-0.1, -0.05) is 50.6 Å². The molecule has 0 spiro atoms. The van der Waals surface area contributed by atoms with Crippen LogP contribution in [0.25, 0.3) is 5.69 Å². The van der Waals surface area contributed by atoms with Gasteiger partial charge in [0, 0.05) is 29.9 Å². The lowest BCUT2D eigenvalue weighted by atomic mass is 9.87. The van der Waals surface area contributed by atoms with Gasteiger partial charge in [0.05, 0.1) is 22.4 Å². The van der Waals surface area contributed by atoms with E-state index >= 15 is 0 Å². The Kier molecular flexibility index (Phi) is 7.76. The summed E-state index contributed by atoms with van der Waals surface area (Å²) in [5.41, 5.74) is 4.74. The Bertz CT molecular complexity index is 1530. The average Bonchev–Trinajstić information content (AvgIpc) is 3.26. The van der Waals surface area contributed by atoms with Crippen molar-refractivity contribution in [2.45, 2.75) is 44.9 Å². The Morgan fingerprint density at radius 2 is 1.82 bits per heavy atom. The molecule has 3 heterocycles. The van der Waals surface area contributed by atoms with E-state index in [0.717, 1.165) is 33.6 Å². The lowest BCUT2D eigenvalue weighted by Gasteiger charge is -2.24. The fraction of sp³-hybridized carbons (Fsp3) is 0.290. The van der Waals surface area contributed by atoms with Crippen LogP contribution in [0.4, 0.5) is 10.2 Å². The SMILES string of the molecule is Cc1ccc(-n2nc(C(C)(C)C)c3c2N(CC(=O)NCc2ccncc2)C(=O)CS[C@H]3c2cccc(F)c2)cc1. The summed E-state index contributed by atoms with van der Waals surface area (Å²) < 4.78 is 16.2. The summed E-state index contributed by atoms with van der Waals surface area (Å²) in [5, 5.41) is 7.64. The molecular formula is C31H32FN5O2S. The highest BCUT2D eigenvalue weighted by molar-refractivity contribution is 8.00. The number of rotatable bonds is 6. The average molecular weight is 558 g/mol. The molecule has 1 aliphatic rings. The molecule has 0 saturated carbocycles. The molecule has 40 heavy (non-hydrogen) atoms. The van der Waals surface area contributed by atoms with E-state index in [1.165, 1.54) is 28.8 Å². The lowest BCUT2D eigenvalue weighted by Crippen LogP contribution is -2.42. The van der Waals surface area contributed by atoms with E-state index in [-0.39, 0.29) is 35.2 Å². The number of halogens is 1. The van der Waals surface area contributed by atoms with Gasteiger partial charge in [-0.25, -0.2) is 9.07 Å². The minimum Gasteiger partial charge on any atom is -0.350 e. The van der Waals surface area contributed by atoms with Gasteiger partial charge in [-0.2, -0.15) is 5.10 Å². The van der Waals surface area contributed by atoms with Gasteiger partial charge in [-0.05, 0) is 54.4 Å². The van der Waals surface area contributed by atoms with Crippen molar-refractivity contribution in [2.24, 2.45) is 0 Å². The topological polar surface area (TPSA) is 80.1 Å². The zero-order valence-corrected chi connectivity index (χ0v) is 23.8. The van der Waals surface area contributed by atoms with E-state index in [2.05, 4.69) is 31.1 Å². The molecule has 2 amide bonds. The summed E-state index contributed by atoms with van der Waals surface area (Å²) in [5.74, 6) is -0.176. The first-order valence-electron chi connectivity index (χ1n) is 13.2. The molecule has 0 fully saturated rings. The minimum absolute atomic E-state index is 0.130. The van der Waals surface area contributed by atoms with Crippen molar-refractivity contribution in [3.8, 4) is 5.69 Å². The highest BCUT2D eigenvalue weighted by atomic mass is 32.2. The third kappa shape index (κ3) is 5.79. The first-order valence-corrected chi connectivity index (χ1v) is 14.2. The van der Waals surface area contributed by atoms with Crippen LogP contribution in [0.15, 0.2) is 73.1 Å². The van der Waals surface area contributed by atoms with Crippen LogP contribution in [0.3, 0.4) is 0 Å². The number of carbonyl (C=O) groups is 2. The van der Waals surface area contributed by atoms with Crippen molar-refractivity contribution in [1.29, 1.82) is 0 Å². The smallest absolute Gasteiger partial charge is 0.240 e. The lowest BCUT2D eigenvalue weighted by molar-refractivity contribution is -0.123. The van der Waals surface area contributed by atoms with Crippen LogP contribution in [0.5, 0.6) is 0 Å². The molecule has 0 radical (unpaired) electrons. The summed E-state index contributed by atoms with van der Waals surface area (Å²) in [4.78, 5) is 32.5. The standard InChI is InChI=1S/C31H32FN5O2S/c1-20-8-10-24(11-9-20)37-30-27(29(35-37)31(2,3)4)28(22-6-5-7-23(32)16-22)40-19-26(39)36(30)18-25(38)34-17-21-12-14-33-15-13-21/h5-16,28H,17-19H2,1-4H3,(H,34,38)/t28-/m0/s1. The van der Waals surface area contributed by atoms with Gasteiger partial charge >= 0.3 is 0 Å². The van der Waals surface area contributed by atoms with E-state index in [1.54, 1.807) is 23.1 Å². The van der Waals surface area contributed by atoms with Crippen LogP contribution < -0.4 is 10.2 Å². The number of nitrogens with one attached hydrogen (secondary N) is 1. The zero-order chi connectivity index (χ0) is 28.4. The van der Waals surface area contributed by atoms with Crippen LogP contribution >= 0.6 is 11.8 Å². The third-order valence-electron chi connectivity index (χ3n) is 6.77. The van der Waals surface area contributed by atoms with Crippen LogP contribution in [-0.4, -0.2) is 38.9 Å². The molecule has 4 aromatic rings. The molecule has 9 heteroatoms. The van der Waals surface area contributed by atoms with Crippen molar-refractivity contribution in [1.82, 2.24) is 20.1 Å². The summed E-state index contributed by atoms with van der Waals surface area (Å²) in [6.07, 6.45) is 3.34. The van der Waals surface area contributed by atoms with Crippen molar-refractivity contribution in [3.05, 3.63) is 107 Å². The number of amides is 2. The van der Waals surface area contributed by atoms with Crippen LogP contribution in [0.1, 0.15) is 54.0 Å². The molecule has 5 rings (SSSR count). The van der Waals surface area contributed by atoms with E-state index < -0.39 is 5.41 Å². The fourth-order valence-corrected chi connectivity index (χ4v) is 5.96. The third-order valence-corrected chi connectivity index (χ3v) is 8.02. The van der Waals surface area contributed by atoms with Gasteiger partial charge < -0.3 is 5.32 Å². The number of benzene rings is 2. The number of carbonyl (C=O) groups excluding carboxylic acids is 2. The Balaban J connectivity index is 1.65. The second-order valence-corrected chi connectivity index (χ2v) is 12.0. The Hall–Kier alpha value is -3.98. The number of pyridine rings is 1. The predicted octanol–water partition coefficient (Wildman–Crippen LogP) is 5.50. The first-order chi connectivity index (χ1) is 19.1. The van der Waals surface area contributed by atoms with Gasteiger partial charge in [-0.15, -0.1) is 11.8 Å². The number of fused-ring (bicyclic) bond motifs is 1. The Morgan fingerprint density at radius 1 is 1.10 bits per heavy atom. The summed E-state index contributed by atoms with van der Waals surface area (Å²) in [7, 11) is 0. The van der Waals surface area contributed by atoms with E-state index in [1.807, 2.05) is 49.4 Å². The predicted molar refractivity (Wildman–Crippen MR) is 156 cm³/mol. The van der Waals surface area contributed by atoms with Crippen LogP contribution in [0, 0.1) is 12.7 Å². The van der Waals surface area contributed by atoms with E-state index in [9.17, 15) is 14.0 Å². The minimum atomic E-state index is -0.394. The Morgan fingerprint density at radius 3 is 2.50 bits per heavy atom. The molecule has 0 unspecified atom stereocenters. The highest BCUT2D eigenvalue weighted by Crippen LogP contribution is 2.48. The largest absolute Gasteiger partial charge is 0.350 e. The number of hydrogen-bond donors (Lipinski definition) is 1. The van der Waals surface area contributed by atoms with Gasteiger partial charge in [0.2, 0.25) is 11.8 Å². The monoisotopic (exact) mass is 557 g/mol. The molecule has 1 atom stereocenters. The number of aryl methyl sites for hydroxylation is 1. The van der Waals surface area contributed by atoms with E-state index in [0.29, 0.717) is 12.4 Å². The molecule has 206 valence electrons. The number of anilines is 1. The number of thioether (sulfide) groups is 1. The van der Waals surface area contributed by atoms with Crippen LogP contribution in [0.2, 0.25) is 0 Å². The molecule has 0 bridgehead atoms. The second kappa shape index (κ2) is 11.3. The fourth-order valence-electron chi connectivity index (χ4n) is 4.77. The van der Waals surface area contributed by atoms with E-state index in [4.69, 9.17) is 5.10 Å². The highest BCUT2D eigenvalue weighted by Gasteiger charge is 2.40. The number of hydrogen-bond acceptors (Lipinski definition) is 5. The van der Waals surface area contributed by atoms with Crippen molar-refractivity contribution in [2.75, 3.05) is 17.2 Å². The summed E-state index contributed by atoms with van der Waals surface area (Å²) in [6.45, 7) is 8.37. The summed E-state index contributed by atoms with van der Waals surface area (Å²) in [6, 6.07) is 18.0. The maximum absolute atomic E-state index is 14.4. The van der Waals surface area contributed by atoms with Gasteiger partial charge in [-0.3, -0.25) is 19.5 Å². The number of nitrogens with zero attached hydrogens (tertiary/aromatic N) is 4. The maximum Gasteiger partial charge on any atom is 0.240 e. The molecule has 0 aliphatic carbocycles. The van der Waals surface area contributed by atoms with Gasteiger partial charge in [0.15, 0.2) is 0 Å². The normalized spacial score (nSPS) is 15.5. The molecule has 2 aromatic heterocycles. The van der Waals surface area contributed by atoms with Gasteiger partial charge in [0.1, 0.15) is 18.2 Å². The Labute approximate surface area is 237 Å². The zero-order valence-electron chi connectivity index (χ0n) is 23.0. The molecule has 2 aromatic carbocycles. The first kappa shape index (κ1) is 27.6. The molecule has 7 nitrogen and oxygen atoms in total. The summed E-state index contributed by atoms with van der Waals surface area (Å²) >= 11 is 1.43. The van der Waals surface area contributed by atoms with Crippen LogP contribution in [-0.2, 0) is 21.5 Å². The maximum atomic E-state index is 14.4. The van der Waals surface area contributed by atoms with Crippen molar-refractivity contribution in [3.63, 3.8) is 0 Å². The van der Waals surface area contributed by atoms with Crippen molar-refractivity contribution >= 4 is 29.4 Å². The number of aromatic nitrogens is 3. The quantitative estimate of drug-likeness (QED) is 0.339. The molecule has 1 aliphatic heterocycles.